The maximum atomic E-state index is 11.0. The van der Waals surface area contributed by atoms with Gasteiger partial charge in [-0.2, -0.15) is 0 Å². The first-order chi connectivity index (χ1) is 7.04. The van der Waals surface area contributed by atoms with Gasteiger partial charge < -0.3 is 10.4 Å². The molecule has 0 fully saturated rings. The smallest absolute Gasteiger partial charge is 0.271 e. The first kappa shape index (κ1) is 11.0. The second-order valence-electron chi connectivity index (χ2n) is 2.86. The van der Waals surface area contributed by atoms with Crippen molar-refractivity contribution in [1.82, 2.24) is 0 Å². The summed E-state index contributed by atoms with van der Waals surface area (Å²) in [7, 11) is 0. The van der Waals surface area contributed by atoms with Crippen LogP contribution in [-0.2, 0) is 4.79 Å². The van der Waals surface area contributed by atoms with Gasteiger partial charge in [-0.1, -0.05) is 6.92 Å². The molecule has 0 aromatic heterocycles. The maximum Gasteiger partial charge on any atom is 0.271 e. The molecule has 0 atom stereocenters. The molecule has 1 aromatic carbocycles. The van der Waals surface area contributed by atoms with E-state index in [-0.39, 0.29) is 29.5 Å². The van der Waals surface area contributed by atoms with Crippen molar-refractivity contribution in [3.05, 3.63) is 28.3 Å². The van der Waals surface area contributed by atoms with Gasteiger partial charge in [-0.3, -0.25) is 14.9 Å². The van der Waals surface area contributed by atoms with Crippen molar-refractivity contribution in [3.63, 3.8) is 0 Å². The monoisotopic (exact) mass is 210 g/mol. The number of nitro groups is 1. The van der Waals surface area contributed by atoms with E-state index in [4.69, 9.17) is 0 Å². The fourth-order valence-corrected chi connectivity index (χ4v) is 0.976. The number of nitrogens with one attached hydrogen (secondary N) is 1. The van der Waals surface area contributed by atoms with Crippen molar-refractivity contribution in [3.8, 4) is 5.75 Å². The molecule has 15 heavy (non-hydrogen) atoms. The Hall–Kier alpha value is -2.11. The van der Waals surface area contributed by atoms with Gasteiger partial charge in [-0.05, 0) is 6.07 Å². The van der Waals surface area contributed by atoms with E-state index in [0.29, 0.717) is 0 Å². The normalized spacial score (nSPS) is 9.67. The Balaban J connectivity index is 3.00. The van der Waals surface area contributed by atoms with Crippen LogP contribution < -0.4 is 5.32 Å². The van der Waals surface area contributed by atoms with Crippen LogP contribution in [0.15, 0.2) is 18.2 Å². The van der Waals surface area contributed by atoms with Crippen molar-refractivity contribution >= 4 is 17.3 Å². The van der Waals surface area contributed by atoms with Gasteiger partial charge in [0.25, 0.3) is 5.69 Å². The highest BCUT2D eigenvalue weighted by atomic mass is 16.6. The van der Waals surface area contributed by atoms with Crippen LogP contribution in [0.4, 0.5) is 11.4 Å². The summed E-state index contributed by atoms with van der Waals surface area (Å²) in [4.78, 5) is 20.9. The summed E-state index contributed by atoms with van der Waals surface area (Å²) in [5, 5.41) is 22.1. The molecule has 0 saturated heterocycles. The standard InChI is InChI=1S/C9H10N2O4/c1-2-9(13)10-7-5-6(11(14)15)3-4-8(7)12/h3-5,12H,2H2,1H3,(H,10,13). The van der Waals surface area contributed by atoms with Crippen LogP contribution >= 0.6 is 0 Å². The van der Waals surface area contributed by atoms with E-state index in [1.54, 1.807) is 6.92 Å². The molecule has 2 N–H and O–H groups in total. The van der Waals surface area contributed by atoms with E-state index >= 15 is 0 Å². The molecule has 0 radical (unpaired) electrons. The van der Waals surface area contributed by atoms with Crippen molar-refractivity contribution in [2.24, 2.45) is 0 Å². The molecule has 1 rings (SSSR count). The molecule has 1 aromatic rings. The lowest BCUT2D eigenvalue weighted by atomic mass is 10.2. The van der Waals surface area contributed by atoms with Gasteiger partial charge in [0.1, 0.15) is 5.75 Å². The highest BCUT2D eigenvalue weighted by molar-refractivity contribution is 5.92. The zero-order chi connectivity index (χ0) is 11.4. The maximum absolute atomic E-state index is 11.0. The summed E-state index contributed by atoms with van der Waals surface area (Å²) < 4.78 is 0. The van der Waals surface area contributed by atoms with E-state index in [1.165, 1.54) is 6.07 Å². The third-order valence-electron chi connectivity index (χ3n) is 1.79. The summed E-state index contributed by atoms with van der Waals surface area (Å²) >= 11 is 0. The number of hydrogen-bond donors (Lipinski definition) is 2. The molecular formula is C9H10N2O4. The predicted molar refractivity (Wildman–Crippen MR) is 53.7 cm³/mol. The van der Waals surface area contributed by atoms with Gasteiger partial charge in [0, 0.05) is 18.6 Å². The quantitative estimate of drug-likeness (QED) is 0.450. The molecule has 80 valence electrons. The summed E-state index contributed by atoms with van der Waals surface area (Å²) in [5.41, 5.74) is -0.129. The SMILES string of the molecule is CCC(=O)Nc1cc([N+](=O)[O-])ccc1O. The van der Waals surface area contributed by atoms with E-state index < -0.39 is 4.92 Å². The first-order valence-electron chi connectivity index (χ1n) is 4.32. The van der Waals surface area contributed by atoms with E-state index in [0.717, 1.165) is 12.1 Å². The van der Waals surface area contributed by atoms with Crippen LogP contribution in [-0.4, -0.2) is 15.9 Å². The highest BCUT2D eigenvalue weighted by Gasteiger charge is 2.11. The van der Waals surface area contributed by atoms with Crippen LogP contribution in [0, 0.1) is 10.1 Å². The Morgan fingerprint density at radius 1 is 1.60 bits per heavy atom. The molecule has 0 spiro atoms. The van der Waals surface area contributed by atoms with Crippen molar-refractivity contribution in [1.29, 1.82) is 0 Å². The second kappa shape index (κ2) is 4.41. The third-order valence-corrected chi connectivity index (χ3v) is 1.79. The lowest BCUT2D eigenvalue weighted by molar-refractivity contribution is -0.384. The van der Waals surface area contributed by atoms with Crippen LogP contribution in [0.25, 0.3) is 0 Å². The highest BCUT2D eigenvalue weighted by Crippen LogP contribution is 2.27. The Morgan fingerprint density at radius 2 is 2.27 bits per heavy atom. The van der Waals surface area contributed by atoms with Gasteiger partial charge in [-0.15, -0.1) is 0 Å². The number of carbonyl (C=O) groups excluding carboxylic acids is 1. The first-order valence-corrected chi connectivity index (χ1v) is 4.32. The van der Waals surface area contributed by atoms with Gasteiger partial charge >= 0.3 is 0 Å². The van der Waals surface area contributed by atoms with E-state index in [2.05, 4.69) is 5.32 Å². The number of nitro benzene ring substituents is 1. The zero-order valence-corrected chi connectivity index (χ0v) is 8.06. The number of anilines is 1. The number of nitrogens with zero attached hydrogens (tertiary/aromatic N) is 1. The van der Waals surface area contributed by atoms with Gasteiger partial charge in [0.05, 0.1) is 10.6 Å². The van der Waals surface area contributed by atoms with E-state index in [9.17, 15) is 20.0 Å². The fraction of sp³-hybridized carbons (Fsp3) is 0.222. The lowest BCUT2D eigenvalue weighted by Crippen LogP contribution is -2.09. The molecule has 0 bridgehead atoms. The van der Waals surface area contributed by atoms with E-state index in [1.807, 2.05) is 0 Å². The Bertz CT molecular complexity index is 403. The largest absolute Gasteiger partial charge is 0.506 e. The number of hydrogen-bond acceptors (Lipinski definition) is 4. The molecule has 0 aliphatic heterocycles. The Morgan fingerprint density at radius 3 is 2.80 bits per heavy atom. The summed E-state index contributed by atoms with van der Waals surface area (Å²) in [6, 6.07) is 3.45. The van der Waals surface area contributed by atoms with Crippen LogP contribution in [0.1, 0.15) is 13.3 Å². The number of amides is 1. The minimum atomic E-state index is -0.596. The molecular weight excluding hydrogens is 200 g/mol. The fourth-order valence-electron chi connectivity index (χ4n) is 0.976. The Kier molecular flexibility index (Phi) is 3.22. The number of non-ortho nitro benzene ring substituents is 1. The predicted octanol–water partition coefficient (Wildman–Crippen LogP) is 1.65. The van der Waals surface area contributed by atoms with Crippen LogP contribution in [0.5, 0.6) is 5.75 Å². The minimum Gasteiger partial charge on any atom is -0.506 e. The molecule has 0 aliphatic rings. The molecule has 1 amide bonds. The summed E-state index contributed by atoms with van der Waals surface area (Å²) in [6.45, 7) is 1.64. The molecule has 6 nitrogen and oxygen atoms in total. The van der Waals surface area contributed by atoms with Crippen LogP contribution in [0.2, 0.25) is 0 Å². The van der Waals surface area contributed by atoms with Gasteiger partial charge in [0.2, 0.25) is 5.91 Å². The summed E-state index contributed by atoms with van der Waals surface area (Å²) in [5.74, 6) is -0.506. The minimum absolute atomic E-state index is 0.0519. The third kappa shape index (κ3) is 2.67. The summed E-state index contributed by atoms with van der Waals surface area (Å²) in [6.07, 6.45) is 0.238. The molecule has 6 heteroatoms. The number of phenolic OH excluding ortho intramolecular Hbond substituents is 1. The number of carbonyl (C=O) groups is 1. The van der Waals surface area contributed by atoms with Crippen molar-refractivity contribution in [2.45, 2.75) is 13.3 Å². The average Bonchev–Trinajstić information content (AvgIpc) is 2.20. The van der Waals surface area contributed by atoms with Crippen molar-refractivity contribution < 1.29 is 14.8 Å². The Labute approximate surface area is 85.7 Å². The number of aromatic hydroxyl groups is 1. The van der Waals surface area contributed by atoms with Crippen molar-refractivity contribution in [2.75, 3.05) is 5.32 Å². The molecule has 0 unspecified atom stereocenters. The number of rotatable bonds is 3. The van der Waals surface area contributed by atoms with Gasteiger partial charge in [-0.25, -0.2) is 0 Å². The molecule has 0 heterocycles. The van der Waals surface area contributed by atoms with Crippen LogP contribution in [0.3, 0.4) is 0 Å². The second-order valence-corrected chi connectivity index (χ2v) is 2.86. The van der Waals surface area contributed by atoms with Gasteiger partial charge in [0.15, 0.2) is 0 Å². The zero-order valence-electron chi connectivity index (χ0n) is 8.06. The molecule has 0 aliphatic carbocycles. The lowest BCUT2D eigenvalue weighted by Gasteiger charge is -2.05. The topological polar surface area (TPSA) is 92.5 Å². The molecule has 0 saturated carbocycles. The average molecular weight is 210 g/mol. The number of benzene rings is 1. The number of phenols is 1.